The van der Waals surface area contributed by atoms with Crippen molar-refractivity contribution in [1.29, 1.82) is 0 Å². The Balaban J connectivity index is 1.45. The van der Waals surface area contributed by atoms with Crippen LogP contribution in [0.3, 0.4) is 0 Å². The molecule has 6 heteroatoms. The molecule has 1 atom stereocenters. The first kappa shape index (κ1) is 21.0. The van der Waals surface area contributed by atoms with Crippen LogP contribution in [-0.2, 0) is 16.0 Å². The maximum absolute atomic E-state index is 13.5. The Bertz CT molecular complexity index is 943. The van der Waals surface area contributed by atoms with E-state index in [1.807, 2.05) is 11.0 Å². The molecule has 0 radical (unpaired) electrons. The van der Waals surface area contributed by atoms with Crippen molar-refractivity contribution in [2.24, 2.45) is 5.92 Å². The summed E-state index contributed by atoms with van der Waals surface area (Å²) in [4.78, 5) is 31.7. The van der Waals surface area contributed by atoms with Crippen molar-refractivity contribution >= 4 is 33.2 Å². The minimum atomic E-state index is 0.129. The van der Waals surface area contributed by atoms with Crippen molar-refractivity contribution in [3.8, 4) is 0 Å². The fourth-order valence-electron chi connectivity index (χ4n) is 5.53. The Kier molecular flexibility index (Phi) is 6.28. The maximum atomic E-state index is 13.5. The molecule has 3 heterocycles. The average molecular weight is 441 g/mol. The second-order valence-electron chi connectivity index (χ2n) is 9.18. The summed E-state index contributed by atoms with van der Waals surface area (Å²) in [7, 11) is 0. The van der Waals surface area contributed by atoms with Crippen LogP contribution >= 0.6 is 11.3 Å². The van der Waals surface area contributed by atoms with E-state index in [2.05, 4.69) is 23.1 Å². The number of rotatable bonds is 4. The van der Waals surface area contributed by atoms with Crippen LogP contribution in [0.5, 0.6) is 0 Å². The van der Waals surface area contributed by atoms with Crippen LogP contribution in [0.4, 0.5) is 0 Å². The zero-order chi connectivity index (χ0) is 21.2. The number of carbonyl (C=O) groups excluding carboxylic acids is 2. The highest BCUT2D eigenvalue weighted by Gasteiger charge is 2.34. The molecule has 0 spiro atoms. The van der Waals surface area contributed by atoms with Crippen LogP contribution in [0.15, 0.2) is 24.3 Å². The fraction of sp³-hybridized carbons (Fsp3) is 0.600. The first-order chi connectivity index (χ1) is 15.2. The number of hydrogen-bond donors (Lipinski definition) is 0. The number of thiophene rings is 1. The Morgan fingerprint density at radius 3 is 2.52 bits per heavy atom. The van der Waals surface area contributed by atoms with E-state index in [0.717, 1.165) is 55.5 Å². The monoisotopic (exact) mass is 440 g/mol. The Labute approximate surface area is 188 Å². The number of morpholine rings is 1. The number of likely N-dealkylation sites (tertiary alicyclic amines) is 1. The number of piperidine rings is 1. The van der Waals surface area contributed by atoms with Crippen molar-refractivity contribution in [2.75, 3.05) is 32.8 Å². The second-order valence-corrected chi connectivity index (χ2v) is 10.2. The van der Waals surface area contributed by atoms with Gasteiger partial charge in [0.25, 0.3) is 5.91 Å². The molecule has 1 aromatic carbocycles. The highest BCUT2D eigenvalue weighted by molar-refractivity contribution is 7.21. The normalized spacial score (nSPS) is 22.9. The first-order valence-corrected chi connectivity index (χ1v) is 12.7. The van der Waals surface area contributed by atoms with Crippen LogP contribution in [0.2, 0.25) is 0 Å². The molecular weight excluding hydrogens is 408 g/mol. The molecule has 0 bridgehead atoms. The number of hydrogen-bond acceptors (Lipinski definition) is 4. The molecule has 5 rings (SSSR count). The van der Waals surface area contributed by atoms with Crippen LogP contribution in [0.1, 0.15) is 60.2 Å². The Morgan fingerprint density at radius 2 is 1.71 bits per heavy atom. The molecule has 1 saturated carbocycles. The van der Waals surface area contributed by atoms with Crippen molar-refractivity contribution in [1.82, 2.24) is 9.80 Å². The van der Waals surface area contributed by atoms with Crippen LogP contribution < -0.4 is 0 Å². The summed E-state index contributed by atoms with van der Waals surface area (Å²) >= 11 is 1.61. The molecule has 0 unspecified atom stereocenters. The van der Waals surface area contributed by atoms with E-state index in [1.54, 1.807) is 11.3 Å². The van der Waals surface area contributed by atoms with Gasteiger partial charge in [0.05, 0.1) is 18.1 Å². The number of amides is 2. The van der Waals surface area contributed by atoms with Crippen molar-refractivity contribution in [2.45, 2.75) is 57.4 Å². The molecule has 2 aromatic rings. The molecule has 3 aliphatic rings. The fourth-order valence-corrected chi connectivity index (χ4v) is 6.73. The molecule has 5 nitrogen and oxygen atoms in total. The lowest BCUT2D eigenvalue weighted by atomic mass is 9.92. The molecule has 2 aliphatic heterocycles. The van der Waals surface area contributed by atoms with Gasteiger partial charge in [-0.1, -0.05) is 31.0 Å². The third kappa shape index (κ3) is 4.24. The largest absolute Gasteiger partial charge is 0.378 e. The standard InChI is InChI=1S/C25H32N2O3S/c28-24(18-7-1-2-8-18)27-12-6-5-9-19(27)17-21-20-10-3-4-11-22(20)31-23(21)25(29)26-13-15-30-16-14-26/h3-4,10-11,18-19H,1-2,5-9,12-17H2/t19-/m0/s1. The van der Waals surface area contributed by atoms with Crippen LogP contribution in [0.25, 0.3) is 10.1 Å². The molecule has 31 heavy (non-hydrogen) atoms. The van der Waals surface area contributed by atoms with Gasteiger partial charge in [0.1, 0.15) is 0 Å². The van der Waals surface area contributed by atoms with Gasteiger partial charge in [0.15, 0.2) is 0 Å². The first-order valence-electron chi connectivity index (χ1n) is 11.9. The summed E-state index contributed by atoms with van der Waals surface area (Å²) in [6, 6.07) is 8.56. The summed E-state index contributed by atoms with van der Waals surface area (Å²) in [6.45, 7) is 3.40. The third-order valence-electron chi connectivity index (χ3n) is 7.25. The average Bonchev–Trinajstić information content (AvgIpc) is 3.48. The number of nitrogens with zero attached hydrogens (tertiary/aromatic N) is 2. The lowest BCUT2D eigenvalue weighted by Gasteiger charge is -2.37. The molecular formula is C25H32N2O3S. The molecule has 1 aromatic heterocycles. The van der Waals surface area contributed by atoms with Crippen molar-refractivity contribution in [3.05, 3.63) is 34.7 Å². The van der Waals surface area contributed by atoms with E-state index >= 15 is 0 Å². The summed E-state index contributed by atoms with van der Waals surface area (Å²) in [5, 5.41) is 1.18. The molecule has 0 N–H and O–H groups in total. The lowest BCUT2D eigenvalue weighted by molar-refractivity contribution is -0.139. The van der Waals surface area contributed by atoms with Gasteiger partial charge in [-0.25, -0.2) is 0 Å². The summed E-state index contributed by atoms with van der Waals surface area (Å²) in [5.74, 6) is 0.709. The smallest absolute Gasteiger partial charge is 0.264 e. The van der Waals surface area contributed by atoms with E-state index in [4.69, 9.17) is 4.74 Å². The van der Waals surface area contributed by atoms with Gasteiger partial charge in [-0.05, 0) is 55.5 Å². The predicted molar refractivity (Wildman–Crippen MR) is 124 cm³/mol. The zero-order valence-electron chi connectivity index (χ0n) is 18.2. The summed E-state index contributed by atoms with van der Waals surface area (Å²) in [6.07, 6.45) is 8.54. The van der Waals surface area contributed by atoms with Crippen molar-refractivity contribution < 1.29 is 14.3 Å². The van der Waals surface area contributed by atoms with Crippen LogP contribution in [-0.4, -0.2) is 60.5 Å². The molecule has 2 saturated heterocycles. The van der Waals surface area contributed by atoms with Crippen molar-refractivity contribution in [3.63, 3.8) is 0 Å². The molecule has 3 fully saturated rings. The summed E-state index contributed by atoms with van der Waals surface area (Å²) < 4.78 is 6.62. The van der Waals surface area contributed by atoms with Gasteiger partial charge >= 0.3 is 0 Å². The maximum Gasteiger partial charge on any atom is 0.264 e. The highest BCUT2D eigenvalue weighted by atomic mass is 32.1. The molecule has 2 amide bonds. The number of fused-ring (bicyclic) bond motifs is 1. The number of benzene rings is 1. The van der Waals surface area contributed by atoms with E-state index in [0.29, 0.717) is 32.2 Å². The van der Waals surface area contributed by atoms with Gasteiger partial charge < -0.3 is 14.5 Å². The van der Waals surface area contributed by atoms with E-state index in [-0.39, 0.29) is 17.9 Å². The topological polar surface area (TPSA) is 49.9 Å². The quantitative estimate of drug-likeness (QED) is 0.704. The minimum absolute atomic E-state index is 0.129. The van der Waals surface area contributed by atoms with E-state index in [1.165, 1.54) is 22.9 Å². The lowest BCUT2D eigenvalue weighted by Crippen LogP contribution is -2.47. The molecule has 166 valence electrons. The predicted octanol–water partition coefficient (Wildman–Crippen LogP) is 4.49. The Morgan fingerprint density at radius 1 is 0.968 bits per heavy atom. The van der Waals surface area contributed by atoms with E-state index < -0.39 is 0 Å². The van der Waals surface area contributed by atoms with Gasteiger partial charge in [-0.15, -0.1) is 11.3 Å². The summed E-state index contributed by atoms with van der Waals surface area (Å²) in [5.41, 5.74) is 1.15. The van der Waals surface area contributed by atoms with Gasteiger partial charge in [-0.2, -0.15) is 0 Å². The van der Waals surface area contributed by atoms with Gasteiger partial charge in [0, 0.05) is 36.3 Å². The Hall–Kier alpha value is -1.92. The minimum Gasteiger partial charge on any atom is -0.378 e. The zero-order valence-corrected chi connectivity index (χ0v) is 19.0. The number of carbonyl (C=O) groups is 2. The molecule has 1 aliphatic carbocycles. The van der Waals surface area contributed by atoms with Gasteiger partial charge in [0.2, 0.25) is 5.91 Å². The number of ether oxygens (including phenoxy) is 1. The third-order valence-corrected chi connectivity index (χ3v) is 8.45. The SMILES string of the molecule is O=C(c1sc2ccccc2c1C[C@@H]1CCCCN1C(=O)C1CCCC1)N1CCOCC1. The highest BCUT2D eigenvalue weighted by Crippen LogP contribution is 2.36. The van der Waals surface area contributed by atoms with Crippen LogP contribution in [0, 0.1) is 5.92 Å². The van der Waals surface area contributed by atoms with E-state index in [9.17, 15) is 9.59 Å². The van der Waals surface area contributed by atoms with Gasteiger partial charge in [-0.3, -0.25) is 9.59 Å². The second kappa shape index (κ2) is 9.29.